The van der Waals surface area contributed by atoms with E-state index in [4.69, 9.17) is 4.74 Å². The van der Waals surface area contributed by atoms with Crippen LogP contribution in [-0.4, -0.2) is 18.5 Å². The van der Waals surface area contributed by atoms with Gasteiger partial charge in [0.1, 0.15) is 0 Å². The molecule has 0 radical (unpaired) electrons. The van der Waals surface area contributed by atoms with Gasteiger partial charge in [0, 0.05) is 6.92 Å². The second-order valence-electron chi connectivity index (χ2n) is 2.45. The maximum Gasteiger partial charge on any atom is 0.365 e. The normalized spacial score (nSPS) is 11.5. The van der Waals surface area contributed by atoms with Crippen molar-refractivity contribution in [1.82, 2.24) is 0 Å². The van der Waals surface area contributed by atoms with E-state index in [0.29, 0.717) is 12.5 Å². The minimum Gasteiger partial charge on any atom is -0.479 e. The van der Waals surface area contributed by atoms with E-state index in [-0.39, 0.29) is 5.57 Å². The second kappa shape index (κ2) is 6.88. The zero-order chi connectivity index (χ0) is 11.0. The van der Waals surface area contributed by atoms with Gasteiger partial charge in [0.05, 0.1) is 12.2 Å². The largest absolute Gasteiger partial charge is 0.479 e. The molecule has 4 nitrogen and oxygen atoms in total. The fourth-order valence-electron chi connectivity index (χ4n) is 0.669. The molecule has 0 unspecified atom stereocenters. The smallest absolute Gasteiger partial charge is 0.365 e. The Balaban J connectivity index is 4.07. The molecule has 0 saturated heterocycles. The van der Waals surface area contributed by atoms with Gasteiger partial charge in [0.25, 0.3) is 0 Å². The van der Waals surface area contributed by atoms with E-state index in [1.165, 1.54) is 0 Å². The lowest BCUT2D eigenvalue weighted by molar-refractivity contribution is -0.138. The number of carbonyl (C=O) groups excluding carboxylic acids is 1. The Labute approximate surface area is 83.9 Å². The number of nitrogens with zero attached hydrogens (tertiary/aromatic N) is 1. The molecule has 0 amide bonds. The summed E-state index contributed by atoms with van der Waals surface area (Å²) < 4.78 is 4.96. The van der Waals surface area contributed by atoms with Gasteiger partial charge < -0.3 is 9.57 Å². The number of oxime groups is 1. The molecular formula is C10H15NO3. The molecule has 14 heavy (non-hydrogen) atoms. The summed E-state index contributed by atoms with van der Waals surface area (Å²) in [4.78, 5) is 15.6. The van der Waals surface area contributed by atoms with Crippen molar-refractivity contribution < 1.29 is 14.4 Å². The Morgan fingerprint density at radius 2 is 2.21 bits per heavy atom. The minimum absolute atomic E-state index is 0.251. The predicted molar refractivity (Wildman–Crippen MR) is 54.8 cm³/mol. The third-order valence-corrected chi connectivity index (χ3v) is 1.24. The van der Waals surface area contributed by atoms with E-state index in [1.54, 1.807) is 26.0 Å². The Bertz CT molecular complexity index is 267. The van der Waals surface area contributed by atoms with Gasteiger partial charge in [-0.15, -0.1) is 0 Å². The van der Waals surface area contributed by atoms with Crippen LogP contribution in [0.15, 0.2) is 29.5 Å². The minimum atomic E-state index is -0.581. The maximum absolute atomic E-state index is 11.1. The number of carbonyl (C=O) groups is 1. The van der Waals surface area contributed by atoms with Crippen molar-refractivity contribution in [2.45, 2.75) is 20.8 Å². The van der Waals surface area contributed by atoms with Gasteiger partial charge in [0.15, 0.2) is 0 Å². The molecule has 78 valence electrons. The third-order valence-electron chi connectivity index (χ3n) is 1.24. The van der Waals surface area contributed by atoms with E-state index in [1.807, 2.05) is 6.92 Å². The van der Waals surface area contributed by atoms with Gasteiger partial charge >= 0.3 is 5.97 Å². The van der Waals surface area contributed by atoms with Crippen LogP contribution in [0.3, 0.4) is 0 Å². The van der Waals surface area contributed by atoms with Gasteiger partial charge in [-0.3, -0.25) is 0 Å². The Morgan fingerprint density at radius 1 is 1.57 bits per heavy atom. The van der Waals surface area contributed by atoms with Crippen molar-refractivity contribution in [3.8, 4) is 0 Å². The van der Waals surface area contributed by atoms with Crippen LogP contribution < -0.4 is 0 Å². The van der Waals surface area contributed by atoms with E-state index in [2.05, 4.69) is 16.6 Å². The Hall–Kier alpha value is -1.58. The van der Waals surface area contributed by atoms with Crippen LogP contribution in [0.1, 0.15) is 20.8 Å². The lowest BCUT2D eigenvalue weighted by Gasteiger charge is -2.00. The molecule has 0 aliphatic rings. The maximum atomic E-state index is 11.1. The number of ether oxygens (including phenoxy) is 1. The summed E-state index contributed by atoms with van der Waals surface area (Å²) in [6.07, 6.45) is 3.25. The van der Waals surface area contributed by atoms with E-state index < -0.39 is 5.97 Å². The summed E-state index contributed by atoms with van der Waals surface area (Å²) >= 11 is 0. The topological polar surface area (TPSA) is 47.9 Å². The summed E-state index contributed by atoms with van der Waals surface area (Å²) in [6.45, 7) is 9.20. The van der Waals surface area contributed by atoms with Crippen LogP contribution >= 0.6 is 0 Å². The Kier molecular flexibility index (Phi) is 6.11. The van der Waals surface area contributed by atoms with Crippen molar-refractivity contribution in [2.75, 3.05) is 6.61 Å². The summed E-state index contributed by atoms with van der Waals surface area (Å²) in [5, 5.41) is 3.47. The average Bonchev–Trinajstić information content (AvgIpc) is 2.15. The number of allylic oxidation sites excluding steroid dienone is 1. The van der Waals surface area contributed by atoms with Crippen LogP contribution in [0.25, 0.3) is 0 Å². The SMILES string of the molecule is C=C(/C=C\C)C(=O)O/N=C(/C)OCC. The van der Waals surface area contributed by atoms with E-state index in [9.17, 15) is 4.79 Å². The first-order chi connectivity index (χ1) is 6.61. The zero-order valence-electron chi connectivity index (χ0n) is 8.74. The molecule has 0 atom stereocenters. The van der Waals surface area contributed by atoms with Gasteiger partial charge in [-0.1, -0.05) is 18.7 Å². The zero-order valence-corrected chi connectivity index (χ0v) is 8.74. The summed E-state index contributed by atoms with van der Waals surface area (Å²) in [6, 6.07) is 0. The monoisotopic (exact) mass is 197 g/mol. The molecule has 0 saturated carbocycles. The van der Waals surface area contributed by atoms with Crippen molar-refractivity contribution in [1.29, 1.82) is 0 Å². The molecule has 0 aliphatic carbocycles. The summed E-state index contributed by atoms with van der Waals surface area (Å²) in [5.74, 6) is -0.267. The molecule has 0 aromatic rings. The Morgan fingerprint density at radius 3 is 2.71 bits per heavy atom. The average molecular weight is 197 g/mol. The highest BCUT2D eigenvalue weighted by Gasteiger charge is 2.04. The summed E-state index contributed by atoms with van der Waals surface area (Å²) in [7, 11) is 0. The first-order valence-corrected chi connectivity index (χ1v) is 4.32. The van der Waals surface area contributed by atoms with Crippen LogP contribution in [0.4, 0.5) is 0 Å². The molecule has 0 N–H and O–H groups in total. The van der Waals surface area contributed by atoms with Crippen molar-refractivity contribution >= 4 is 11.9 Å². The van der Waals surface area contributed by atoms with Crippen LogP contribution in [-0.2, 0) is 14.4 Å². The van der Waals surface area contributed by atoms with Crippen LogP contribution in [0.5, 0.6) is 0 Å². The fourth-order valence-corrected chi connectivity index (χ4v) is 0.669. The molecule has 0 bridgehead atoms. The van der Waals surface area contributed by atoms with Crippen molar-refractivity contribution in [3.63, 3.8) is 0 Å². The molecule has 0 rings (SSSR count). The van der Waals surface area contributed by atoms with Crippen LogP contribution in [0.2, 0.25) is 0 Å². The van der Waals surface area contributed by atoms with E-state index in [0.717, 1.165) is 0 Å². The first-order valence-electron chi connectivity index (χ1n) is 4.32. The molecular weight excluding hydrogens is 182 g/mol. The molecule has 0 aliphatic heterocycles. The fraction of sp³-hybridized carbons (Fsp3) is 0.400. The summed E-state index contributed by atoms with van der Waals surface area (Å²) in [5.41, 5.74) is 0.251. The molecule has 0 spiro atoms. The molecule has 4 heteroatoms. The van der Waals surface area contributed by atoms with Gasteiger partial charge in [-0.05, 0) is 19.0 Å². The number of hydrogen-bond acceptors (Lipinski definition) is 4. The highest BCUT2D eigenvalue weighted by molar-refractivity contribution is 5.91. The molecule has 0 fully saturated rings. The number of rotatable bonds is 4. The van der Waals surface area contributed by atoms with Crippen LogP contribution in [0, 0.1) is 0 Å². The molecule has 0 heterocycles. The van der Waals surface area contributed by atoms with Gasteiger partial charge in [-0.2, -0.15) is 0 Å². The highest BCUT2D eigenvalue weighted by Crippen LogP contribution is 1.97. The highest BCUT2D eigenvalue weighted by atomic mass is 16.7. The van der Waals surface area contributed by atoms with Gasteiger partial charge in [-0.25, -0.2) is 4.79 Å². The first kappa shape index (κ1) is 12.4. The van der Waals surface area contributed by atoms with Crippen molar-refractivity contribution in [3.05, 3.63) is 24.3 Å². The standard InChI is InChI=1S/C10H15NO3/c1-5-7-8(3)10(12)14-11-9(4)13-6-2/h5,7H,3,6H2,1-2,4H3/b7-5-,11-9-. The lowest BCUT2D eigenvalue weighted by Crippen LogP contribution is -2.05. The predicted octanol–water partition coefficient (Wildman–Crippen LogP) is 2.03. The number of hydrogen-bond donors (Lipinski definition) is 0. The lowest BCUT2D eigenvalue weighted by atomic mass is 10.3. The second-order valence-corrected chi connectivity index (χ2v) is 2.45. The van der Waals surface area contributed by atoms with E-state index >= 15 is 0 Å². The molecule has 0 aromatic carbocycles. The molecule has 0 aromatic heterocycles. The van der Waals surface area contributed by atoms with Crippen molar-refractivity contribution in [2.24, 2.45) is 5.16 Å². The van der Waals surface area contributed by atoms with Gasteiger partial charge in [0.2, 0.25) is 5.90 Å². The third kappa shape index (κ3) is 5.13. The quantitative estimate of drug-likeness (QED) is 0.173.